The van der Waals surface area contributed by atoms with Gasteiger partial charge in [-0.25, -0.2) is 0 Å². The van der Waals surface area contributed by atoms with Crippen molar-refractivity contribution in [3.8, 4) is 0 Å². The van der Waals surface area contributed by atoms with Gasteiger partial charge in [-0.15, -0.1) is 11.3 Å². The summed E-state index contributed by atoms with van der Waals surface area (Å²) >= 11 is 1.90. The molecule has 15 heavy (non-hydrogen) atoms. The van der Waals surface area contributed by atoms with E-state index in [4.69, 9.17) is 0 Å². The van der Waals surface area contributed by atoms with Crippen LogP contribution in [-0.4, -0.2) is 0 Å². The van der Waals surface area contributed by atoms with E-state index in [1.54, 1.807) is 0 Å². The van der Waals surface area contributed by atoms with Gasteiger partial charge in [0.1, 0.15) is 0 Å². The smallest absolute Gasteiger partial charge is 0.0380 e. The third-order valence-electron chi connectivity index (χ3n) is 2.90. The molecular formula is C14H18S. The molecule has 0 spiro atoms. The quantitative estimate of drug-likeness (QED) is 0.654. The Morgan fingerprint density at radius 1 is 0.933 bits per heavy atom. The van der Waals surface area contributed by atoms with Crippen molar-refractivity contribution in [2.75, 3.05) is 0 Å². The van der Waals surface area contributed by atoms with Crippen LogP contribution in [-0.2, 0) is 0 Å². The number of thiophene rings is 1. The fourth-order valence-electron chi connectivity index (χ4n) is 2.00. The number of benzene rings is 1. The van der Waals surface area contributed by atoms with Gasteiger partial charge in [-0.05, 0) is 33.7 Å². The highest BCUT2D eigenvalue weighted by atomic mass is 32.1. The Bertz CT molecular complexity index is 463. The topological polar surface area (TPSA) is 0 Å². The van der Waals surface area contributed by atoms with E-state index in [0.29, 0.717) is 11.8 Å². The van der Waals surface area contributed by atoms with E-state index in [1.165, 1.54) is 21.2 Å². The molecule has 0 saturated carbocycles. The standard InChI is InChI=1S/C14H18S/c1-9(2)11-6-5-7-12-13(10(3)4)8-15-14(11)12/h5-10H,1-4H3. The molecule has 0 fully saturated rings. The molecule has 2 aromatic rings. The van der Waals surface area contributed by atoms with E-state index in [1.807, 2.05) is 11.3 Å². The van der Waals surface area contributed by atoms with Crippen LogP contribution in [0.1, 0.15) is 50.7 Å². The Morgan fingerprint density at radius 2 is 1.60 bits per heavy atom. The predicted octanol–water partition coefficient (Wildman–Crippen LogP) is 5.15. The highest BCUT2D eigenvalue weighted by molar-refractivity contribution is 7.17. The minimum Gasteiger partial charge on any atom is -0.143 e. The first-order valence-electron chi connectivity index (χ1n) is 5.61. The van der Waals surface area contributed by atoms with Crippen molar-refractivity contribution in [3.05, 3.63) is 34.7 Å². The summed E-state index contributed by atoms with van der Waals surface area (Å²) in [6.45, 7) is 9.07. The summed E-state index contributed by atoms with van der Waals surface area (Å²) in [5.41, 5.74) is 2.99. The molecule has 0 radical (unpaired) electrons. The Kier molecular flexibility index (Phi) is 2.83. The molecule has 0 amide bonds. The van der Waals surface area contributed by atoms with Gasteiger partial charge in [0.15, 0.2) is 0 Å². The van der Waals surface area contributed by atoms with Crippen molar-refractivity contribution in [1.29, 1.82) is 0 Å². The molecule has 0 bridgehead atoms. The largest absolute Gasteiger partial charge is 0.143 e. The van der Waals surface area contributed by atoms with Crippen LogP contribution in [0, 0.1) is 0 Å². The second-order valence-electron chi connectivity index (χ2n) is 4.72. The Morgan fingerprint density at radius 3 is 2.20 bits per heavy atom. The fourth-order valence-corrected chi connectivity index (χ4v) is 3.40. The third-order valence-corrected chi connectivity index (χ3v) is 3.97. The zero-order chi connectivity index (χ0) is 11.0. The zero-order valence-electron chi connectivity index (χ0n) is 9.87. The maximum atomic E-state index is 2.32. The van der Waals surface area contributed by atoms with E-state index in [2.05, 4.69) is 51.3 Å². The summed E-state index contributed by atoms with van der Waals surface area (Å²) < 4.78 is 1.48. The van der Waals surface area contributed by atoms with Crippen LogP contribution in [0.5, 0.6) is 0 Å². The molecule has 0 aliphatic heterocycles. The lowest BCUT2D eigenvalue weighted by Gasteiger charge is -2.08. The fraction of sp³-hybridized carbons (Fsp3) is 0.429. The van der Waals surface area contributed by atoms with Crippen LogP contribution in [0.25, 0.3) is 10.1 Å². The molecule has 80 valence electrons. The van der Waals surface area contributed by atoms with Crippen molar-refractivity contribution in [2.24, 2.45) is 0 Å². The molecule has 0 N–H and O–H groups in total. The van der Waals surface area contributed by atoms with Gasteiger partial charge < -0.3 is 0 Å². The van der Waals surface area contributed by atoms with Crippen molar-refractivity contribution >= 4 is 21.4 Å². The predicted molar refractivity (Wildman–Crippen MR) is 70.0 cm³/mol. The van der Waals surface area contributed by atoms with Gasteiger partial charge >= 0.3 is 0 Å². The lowest BCUT2D eigenvalue weighted by Crippen LogP contribution is -1.88. The Hall–Kier alpha value is -0.820. The third kappa shape index (κ3) is 1.81. The summed E-state index contributed by atoms with van der Waals surface area (Å²) in [5.74, 6) is 1.24. The van der Waals surface area contributed by atoms with Gasteiger partial charge in [0.25, 0.3) is 0 Å². The first kappa shape index (κ1) is 10.7. The van der Waals surface area contributed by atoms with E-state index in [0.717, 1.165) is 0 Å². The SMILES string of the molecule is CC(C)c1csc2c(C(C)C)cccc12. The Balaban J connectivity index is 2.69. The van der Waals surface area contributed by atoms with Crippen molar-refractivity contribution in [3.63, 3.8) is 0 Å². The monoisotopic (exact) mass is 218 g/mol. The number of hydrogen-bond acceptors (Lipinski definition) is 1. The summed E-state index contributed by atoms with van der Waals surface area (Å²) in [4.78, 5) is 0. The first-order valence-corrected chi connectivity index (χ1v) is 6.49. The first-order chi connectivity index (χ1) is 7.11. The molecule has 0 unspecified atom stereocenters. The van der Waals surface area contributed by atoms with Crippen LogP contribution in [0.4, 0.5) is 0 Å². The molecular weight excluding hydrogens is 200 g/mol. The van der Waals surface area contributed by atoms with Crippen LogP contribution in [0.3, 0.4) is 0 Å². The van der Waals surface area contributed by atoms with E-state index in [9.17, 15) is 0 Å². The molecule has 1 aromatic carbocycles. The van der Waals surface area contributed by atoms with Crippen molar-refractivity contribution in [2.45, 2.75) is 39.5 Å². The molecule has 1 heterocycles. The molecule has 2 rings (SSSR count). The van der Waals surface area contributed by atoms with Crippen LogP contribution in [0.15, 0.2) is 23.6 Å². The van der Waals surface area contributed by atoms with Gasteiger partial charge in [-0.3, -0.25) is 0 Å². The lowest BCUT2D eigenvalue weighted by molar-refractivity contribution is 0.873. The van der Waals surface area contributed by atoms with Gasteiger partial charge in [0.2, 0.25) is 0 Å². The second-order valence-corrected chi connectivity index (χ2v) is 5.60. The lowest BCUT2D eigenvalue weighted by atomic mass is 9.97. The zero-order valence-corrected chi connectivity index (χ0v) is 10.7. The molecule has 0 aliphatic rings. The van der Waals surface area contributed by atoms with E-state index >= 15 is 0 Å². The minimum atomic E-state index is 0.618. The van der Waals surface area contributed by atoms with Crippen molar-refractivity contribution < 1.29 is 0 Å². The number of rotatable bonds is 2. The van der Waals surface area contributed by atoms with Crippen LogP contribution < -0.4 is 0 Å². The minimum absolute atomic E-state index is 0.618. The highest BCUT2D eigenvalue weighted by Crippen LogP contribution is 2.35. The average molecular weight is 218 g/mol. The maximum absolute atomic E-state index is 2.32. The maximum Gasteiger partial charge on any atom is 0.0380 e. The summed E-state index contributed by atoms with van der Waals surface area (Å²) in [7, 11) is 0. The number of hydrogen-bond donors (Lipinski definition) is 0. The molecule has 1 aromatic heterocycles. The second kappa shape index (κ2) is 3.97. The van der Waals surface area contributed by atoms with Gasteiger partial charge in [0, 0.05) is 4.70 Å². The van der Waals surface area contributed by atoms with Gasteiger partial charge in [0.05, 0.1) is 0 Å². The summed E-state index contributed by atoms with van der Waals surface area (Å²) in [6.07, 6.45) is 0. The van der Waals surface area contributed by atoms with Crippen molar-refractivity contribution in [1.82, 2.24) is 0 Å². The molecule has 1 heteroatoms. The molecule has 0 nitrogen and oxygen atoms in total. The summed E-state index contributed by atoms with van der Waals surface area (Å²) in [6, 6.07) is 6.71. The molecule has 0 aliphatic carbocycles. The molecule has 0 saturated heterocycles. The van der Waals surface area contributed by atoms with E-state index < -0.39 is 0 Å². The van der Waals surface area contributed by atoms with Crippen LogP contribution in [0.2, 0.25) is 0 Å². The molecule has 0 atom stereocenters. The average Bonchev–Trinajstić information content (AvgIpc) is 2.59. The summed E-state index contributed by atoms with van der Waals surface area (Å²) in [5, 5.41) is 3.78. The normalized spacial score (nSPS) is 11.9. The van der Waals surface area contributed by atoms with Gasteiger partial charge in [-0.1, -0.05) is 45.9 Å². The highest BCUT2D eigenvalue weighted by Gasteiger charge is 2.11. The Labute approximate surface area is 95.9 Å². The van der Waals surface area contributed by atoms with E-state index in [-0.39, 0.29) is 0 Å². The van der Waals surface area contributed by atoms with Gasteiger partial charge in [-0.2, -0.15) is 0 Å². The van der Waals surface area contributed by atoms with Crippen LogP contribution >= 0.6 is 11.3 Å². The number of fused-ring (bicyclic) bond motifs is 1.